The molecule has 0 fully saturated rings. The molecule has 0 aliphatic heterocycles. The maximum atomic E-state index is 10.2. The SMILES string of the molecule is CCCCCN(CCCC)CCC(O)c1ccccc1. The van der Waals surface area contributed by atoms with Gasteiger partial charge in [0.25, 0.3) is 0 Å². The summed E-state index contributed by atoms with van der Waals surface area (Å²) < 4.78 is 0. The van der Waals surface area contributed by atoms with Gasteiger partial charge in [-0.1, -0.05) is 63.4 Å². The molecular formula is C18H31NO. The van der Waals surface area contributed by atoms with Crippen LogP contribution in [0.15, 0.2) is 30.3 Å². The van der Waals surface area contributed by atoms with E-state index in [9.17, 15) is 5.11 Å². The summed E-state index contributed by atoms with van der Waals surface area (Å²) in [5.74, 6) is 0. The van der Waals surface area contributed by atoms with Crippen molar-refractivity contribution in [3.8, 4) is 0 Å². The van der Waals surface area contributed by atoms with Crippen molar-refractivity contribution in [2.45, 2.75) is 58.5 Å². The lowest BCUT2D eigenvalue weighted by Crippen LogP contribution is -2.28. The fourth-order valence-electron chi connectivity index (χ4n) is 2.45. The van der Waals surface area contributed by atoms with Crippen molar-refractivity contribution < 1.29 is 5.11 Å². The van der Waals surface area contributed by atoms with E-state index in [-0.39, 0.29) is 6.10 Å². The third kappa shape index (κ3) is 7.06. The van der Waals surface area contributed by atoms with Crippen LogP contribution in [0, 0.1) is 0 Å². The van der Waals surface area contributed by atoms with Gasteiger partial charge in [-0.25, -0.2) is 0 Å². The molecule has 0 amide bonds. The molecule has 0 aliphatic carbocycles. The summed E-state index contributed by atoms with van der Waals surface area (Å²) in [4.78, 5) is 2.52. The number of hydrogen-bond donors (Lipinski definition) is 1. The average molecular weight is 277 g/mol. The monoisotopic (exact) mass is 277 g/mol. The second kappa shape index (κ2) is 10.9. The molecule has 1 N–H and O–H groups in total. The summed E-state index contributed by atoms with van der Waals surface area (Å²) in [6.07, 6.45) is 6.87. The molecule has 1 aromatic carbocycles. The van der Waals surface area contributed by atoms with Gasteiger partial charge in [0.05, 0.1) is 6.10 Å². The summed E-state index contributed by atoms with van der Waals surface area (Å²) >= 11 is 0. The maximum Gasteiger partial charge on any atom is 0.0802 e. The fourth-order valence-corrected chi connectivity index (χ4v) is 2.45. The van der Waals surface area contributed by atoms with E-state index in [1.165, 1.54) is 45.2 Å². The molecule has 1 aromatic rings. The van der Waals surface area contributed by atoms with Crippen molar-refractivity contribution in [2.24, 2.45) is 0 Å². The van der Waals surface area contributed by atoms with E-state index in [0.717, 1.165) is 18.5 Å². The van der Waals surface area contributed by atoms with Crippen LogP contribution in [0.1, 0.15) is 64.0 Å². The quantitative estimate of drug-likeness (QED) is 0.606. The lowest BCUT2D eigenvalue weighted by molar-refractivity contribution is 0.140. The minimum atomic E-state index is -0.327. The van der Waals surface area contributed by atoms with E-state index in [1.54, 1.807) is 0 Å². The molecule has 114 valence electrons. The van der Waals surface area contributed by atoms with Crippen LogP contribution in [0.3, 0.4) is 0 Å². The van der Waals surface area contributed by atoms with Gasteiger partial charge in [-0.3, -0.25) is 0 Å². The van der Waals surface area contributed by atoms with Gasteiger partial charge < -0.3 is 10.0 Å². The Morgan fingerprint density at radius 3 is 2.20 bits per heavy atom. The largest absolute Gasteiger partial charge is 0.388 e. The lowest BCUT2D eigenvalue weighted by atomic mass is 10.1. The van der Waals surface area contributed by atoms with Gasteiger partial charge in [0.1, 0.15) is 0 Å². The Balaban J connectivity index is 2.35. The van der Waals surface area contributed by atoms with Crippen LogP contribution in [0.25, 0.3) is 0 Å². The highest BCUT2D eigenvalue weighted by Crippen LogP contribution is 2.16. The minimum Gasteiger partial charge on any atom is -0.388 e. The van der Waals surface area contributed by atoms with Crippen LogP contribution >= 0.6 is 0 Å². The third-order valence-corrected chi connectivity index (χ3v) is 3.81. The van der Waals surface area contributed by atoms with Gasteiger partial charge in [0.15, 0.2) is 0 Å². The van der Waals surface area contributed by atoms with E-state index in [1.807, 2.05) is 30.3 Å². The van der Waals surface area contributed by atoms with Gasteiger partial charge in [-0.2, -0.15) is 0 Å². The van der Waals surface area contributed by atoms with E-state index in [2.05, 4.69) is 18.7 Å². The van der Waals surface area contributed by atoms with E-state index >= 15 is 0 Å². The average Bonchev–Trinajstić information content (AvgIpc) is 2.50. The van der Waals surface area contributed by atoms with E-state index in [4.69, 9.17) is 0 Å². The van der Waals surface area contributed by atoms with Crippen LogP contribution < -0.4 is 0 Å². The number of unbranched alkanes of at least 4 members (excludes halogenated alkanes) is 3. The number of benzene rings is 1. The zero-order chi connectivity index (χ0) is 14.6. The topological polar surface area (TPSA) is 23.5 Å². The highest BCUT2D eigenvalue weighted by molar-refractivity contribution is 5.17. The number of nitrogens with zero attached hydrogens (tertiary/aromatic N) is 1. The van der Waals surface area contributed by atoms with Crippen LogP contribution in [-0.4, -0.2) is 29.6 Å². The second-order valence-corrected chi connectivity index (χ2v) is 5.62. The van der Waals surface area contributed by atoms with Crippen LogP contribution in [0.2, 0.25) is 0 Å². The Bertz CT molecular complexity index is 325. The Morgan fingerprint density at radius 2 is 1.55 bits per heavy atom. The van der Waals surface area contributed by atoms with Gasteiger partial charge in [0.2, 0.25) is 0 Å². The summed E-state index contributed by atoms with van der Waals surface area (Å²) in [5, 5.41) is 10.2. The minimum absolute atomic E-state index is 0.327. The number of hydrogen-bond acceptors (Lipinski definition) is 2. The molecule has 0 aliphatic rings. The van der Waals surface area contributed by atoms with Crippen molar-refractivity contribution >= 4 is 0 Å². The first-order chi connectivity index (χ1) is 9.77. The normalized spacial score (nSPS) is 12.8. The summed E-state index contributed by atoms with van der Waals surface area (Å²) in [5.41, 5.74) is 1.04. The standard InChI is InChI=1S/C18H31NO/c1-3-5-10-15-19(14-6-4-2)16-13-18(20)17-11-8-7-9-12-17/h7-9,11-12,18,20H,3-6,10,13-16H2,1-2H3. The fraction of sp³-hybridized carbons (Fsp3) is 0.667. The number of rotatable bonds is 11. The molecule has 0 spiro atoms. The van der Waals surface area contributed by atoms with Crippen molar-refractivity contribution in [1.82, 2.24) is 4.90 Å². The van der Waals surface area contributed by atoms with Crippen LogP contribution in [0.5, 0.6) is 0 Å². The molecule has 2 heteroatoms. The summed E-state index contributed by atoms with van der Waals surface area (Å²) in [6.45, 7) is 7.83. The van der Waals surface area contributed by atoms with Gasteiger partial charge in [-0.15, -0.1) is 0 Å². The molecule has 0 heterocycles. The highest BCUT2D eigenvalue weighted by atomic mass is 16.3. The Labute approximate surface area is 124 Å². The Morgan fingerprint density at radius 1 is 0.900 bits per heavy atom. The molecule has 1 unspecified atom stereocenters. The first kappa shape index (κ1) is 17.2. The second-order valence-electron chi connectivity index (χ2n) is 5.62. The lowest BCUT2D eigenvalue weighted by Gasteiger charge is -2.23. The van der Waals surface area contributed by atoms with Gasteiger partial charge in [-0.05, 0) is 37.9 Å². The number of aliphatic hydroxyl groups excluding tert-OH is 1. The zero-order valence-corrected chi connectivity index (χ0v) is 13.2. The maximum absolute atomic E-state index is 10.2. The van der Waals surface area contributed by atoms with E-state index < -0.39 is 0 Å². The molecule has 0 bridgehead atoms. The van der Waals surface area contributed by atoms with Crippen LogP contribution in [0.4, 0.5) is 0 Å². The first-order valence-electron chi connectivity index (χ1n) is 8.23. The summed E-state index contributed by atoms with van der Waals surface area (Å²) in [7, 11) is 0. The van der Waals surface area contributed by atoms with Gasteiger partial charge >= 0.3 is 0 Å². The van der Waals surface area contributed by atoms with Crippen LogP contribution in [-0.2, 0) is 0 Å². The molecule has 0 saturated carbocycles. The molecule has 0 radical (unpaired) electrons. The molecule has 2 nitrogen and oxygen atoms in total. The zero-order valence-electron chi connectivity index (χ0n) is 13.2. The molecule has 0 saturated heterocycles. The predicted molar refractivity (Wildman–Crippen MR) is 86.9 cm³/mol. The van der Waals surface area contributed by atoms with Crippen molar-refractivity contribution in [2.75, 3.05) is 19.6 Å². The molecule has 0 aromatic heterocycles. The smallest absolute Gasteiger partial charge is 0.0802 e. The Hall–Kier alpha value is -0.860. The first-order valence-corrected chi connectivity index (χ1v) is 8.23. The highest BCUT2D eigenvalue weighted by Gasteiger charge is 2.10. The third-order valence-electron chi connectivity index (χ3n) is 3.81. The molecule has 1 atom stereocenters. The van der Waals surface area contributed by atoms with E-state index in [0.29, 0.717) is 0 Å². The molecule has 1 rings (SSSR count). The predicted octanol–water partition coefficient (Wildman–Crippen LogP) is 4.40. The molecule has 20 heavy (non-hydrogen) atoms. The molecular weight excluding hydrogens is 246 g/mol. The van der Waals surface area contributed by atoms with Crippen molar-refractivity contribution in [1.29, 1.82) is 0 Å². The number of aliphatic hydroxyl groups is 1. The van der Waals surface area contributed by atoms with Gasteiger partial charge in [0, 0.05) is 6.54 Å². The van der Waals surface area contributed by atoms with Crippen molar-refractivity contribution in [3.63, 3.8) is 0 Å². The summed E-state index contributed by atoms with van der Waals surface area (Å²) in [6, 6.07) is 10.0. The Kier molecular flexibility index (Phi) is 9.35. The van der Waals surface area contributed by atoms with Crippen molar-refractivity contribution in [3.05, 3.63) is 35.9 Å².